The molecule has 3 aromatic rings. The number of nitrogen functional groups attached to an aromatic ring is 1. The monoisotopic (exact) mass is 324 g/mol. The number of nitrogens with two attached hydrogens (primary N) is 1. The number of amides is 1. The second-order valence-electron chi connectivity index (χ2n) is 5.35. The first-order valence-electron chi connectivity index (χ1n) is 7.17. The van der Waals surface area contributed by atoms with Gasteiger partial charge in [0.25, 0.3) is 0 Å². The summed E-state index contributed by atoms with van der Waals surface area (Å²) in [6.45, 7) is 1.96. The number of carbonyl (C=O) groups excluding carboxylic acids is 1. The van der Waals surface area contributed by atoms with Gasteiger partial charge in [-0.1, -0.05) is 6.07 Å². The molecule has 23 heavy (non-hydrogen) atoms. The number of fused-ring (bicyclic) bond motifs is 1. The Balaban J connectivity index is 1.79. The lowest BCUT2D eigenvalue weighted by Gasteiger charge is -2.03. The molecule has 4 rings (SSSR count). The normalized spacial score (nSPS) is 16.9. The van der Waals surface area contributed by atoms with E-state index in [2.05, 4.69) is 10.1 Å². The van der Waals surface area contributed by atoms with Crippen LogP contribution in [0, 0.1) is 0 Å². The average Bonchev–Trinajstić information content (AvgIpc) is 3.25. The summed E-state index contributed by atoms with van der Waals surface area (Å²) < 4.78 is 3.24. The molecule has 3 aromatic heterocycles. The third-order valence-corrected chi connectivity index (χ3v) is 4.63. The number of carbonyl (C=O) groups is 1. The molecular weight excluding hydrogens is 310 g/mol. The summed E-state index contributed by atoms with van der Waals surface area (Å²) in [5, 5.41) is 6.41. The van der Waals surface area contributed by atoms with Gasteiger partial charge in [-0.25, -0.2) is 14.3 Å². The van der Waals surface area contributed by atoms with Gasteiger partial charge >= 0.3 is 5.91 Å². The van der Waals surface area contributed by atoms with Crippen molar-refractivity contribution in [2.45, 2.75) is 13.0 Å². The minimum Gasteiger partial charge on any atom is -0.396 e. The molecule has 1 amide bonds. The van der Waals surface area contributed by atoms with E-state index in [4.69, 9.17) is 5.73 Å². The second kappa shape index (κ2) is 5.13. The van der Waals surface area contributed by atoms with Crippen molar-refractivity contribution in [3.63, 3.8) is 0 Å². The average molecular weight is 324 g/mol. The summed E-state index contributed by atoms with van der Waals surface area (Å²) in [5.41, 5.74) is 7.56. The van der Waals surface area contributed by atoms with E-state index < -0.39 is 0 Å². The second-order valence-corrected chi connectivity index (χ2v) is 6.30. The van der Waals surface area contributed by atoms with Gasteiger partial charge in [-0.2, -0.15) is 4.58 Å². The van der Waals surface area contributed by atoms with Crippen molar-refractivity contribution < 1.29 is 9.37 Å². The molecule has 0 aromatic carbocycles. The van der Waals surface area contributed by atoms with Crippen LogP contribution in [0.1, 0.15) is 17.3 Å². The number of anilines is 1. The smallest absolute Gasteiger partial charge is 0.396 e. The Kier molecular flexibility index (Phi) is 3.09. The van der Waals surface area contributed by atoms with E-state index in [1.165, 1.54) is 0 Å². The molecule has 0 bridgehead atoms. The van der Waals surface area contributed by atoms with Crippen molar-refractivity contribution in [2.24, 2.45) is 0 Å². The van der Waals surface area contributed by atoms with Gasteiger partial charge in [0.15, 0.2) is 23.7 Å². The first kappa shape index (κ1) is 13.8. The topological polar surface area (TPSA) is 76.3 Å². The summed E-state index contributed by atoms with van der Waals surface area (Å²) >= 11 is 1.56. The molecule has 0 saturated carbocycles. The lowest BCUT2D eigenvalue weighted by molar-refractivity contribution is -0.444. The Morgan fingerprint density at radius 2 is 2.35 bits per heavy atom. The van der Waals surface area contributed by atoms with Crippen LogP contribution in [-0.4, -0.2) is 37.3 Å². The lowest BCUT2D eigenvalue weighted by Crippen LogP contribution is -2.26. The van der Waals surface area contributed by atoms with Crippen LogP contribution in [0.3, 0.4) is 0 Å². The number of aromatic nitrogens is 3. The maximum Gasteiger partial charge on any atom is 0.421 e. The van der Waals surface area contributed by atoms with E-state index in [0.29, 0.717) is 22.7 Å². The Labute approximate surface area is 136 Å². The molecule has 1 aliphatic heterocycles. The zero-order valence-electron chi connectivity index (χ0n) is 12.4. The minimum atomic E-state index is -0.107. The fourth-order valence-electron chi connectivity index (χ4n) is 2.57. The number of allylic oxidation sites excluding steroid dienone is 1. The van der Waals surface area contributed by atoms with Crippen molar-refractivity contribution in [3.05, 3.63) is 47.5 Å². The van der Waals surface area contributed by atoms with Gasteiger partial charge in [0, 0.05) is 19.2 Å². The highest BCUT2D eigenvalue weighted by Crippen LogP contribution is 2.24. The third kappa shape index (κ3) is 2.25. The number of thiophene rings is 1. The molecule has 0 aliphatic carbocycles. The molecule has 0 spiro atoms. The van der Waals surface area contributed by atoms with Crippen molar-refractivity contribution in [3.8, 4) is 10.7 Å². The van der Waals surface area contributed by atoms with Crippen molar-refractivity contribution in [2.75, 3.05) is 5.73 Å². The van der Waals surface area contributed by atoms with E-state index >= 15 is 0 Å². The zero-order chi connectivity index (χ0) is 16.0. The molecule has 1 aliphatic rings. The zero-order valence-corrected chi connectivity index (χ0v) is 13.2. The van der Waals surface area contributed by atoms with Crippen LogP contribution in [0.2, 0.25) is 0 Å². The molecular formula is C16H14N5OS+. The first-order valence-corrected chi connectivity index (χ1v) is 8.05. The standard InChI is InChI=1S/C16H14N5OS/c1-10-4-2-6-20(10)16(22)11-8-12(17)15-18-14(19-21(15)9-11)13-5-3-7-23-13/h2-10H,17H2,1H3/q+1. The van der Waals surface area contributed by atoms with E-state index in [1.807, 2.05) is 36.6 Å². The molecule has 0 fully saturated rings. The molecule has 0 saturated heterocycles. The molecule has 1 unspecified atom stereocenters. The van der Waals surface area contributed by atoms with Crippen LogP contribution in [-0.2, 0) is 0 Å². The van der Waals surface area contributed by atoms with Crippen molar-refractivity contribution in [1.82, 2.24) is 14.6 Å². The number of nitrogens with zero attached hydrogens (tertiary/aromatic N) is 4. The Morgan fingerprint density at radius 1 is 1.48 bits per heavy atom. The van der Waals surface area contributed by atoms with Gasteiger partial charge in [-0.05, 0) is 23.6 Å². The highest BCUT2D eigenvalue weighted by atomic mass is 32.1. The van der Waals surface area contributed by atoms with Crippen LogP contribution >= 0.6 is 11.3 Å². The summed E-state index contributed by atoms with van der Waals surface area (Å²) in [6.07, 6.45) is 7.28. The third-order valence-electron chi connectivity index (χ3n) is 3.76. The minimum absolute atomic E-state index is 0.0387. The van der Waals surface area contributed by atoms with Crippen LogP contribution in [0.15, 0.2) is 41.9 Å². The number of hydrogen-bond acceptors (Lipinski definition) is 5. The Bertz CT molecular complexity index is 968. The largest absolute Gasteiger partial charge is 0.421 e. The molecule has 7 heteroatoms. The van der Waals surface area contributed by atoms with Gasteiger partial charge in [0.2, 0.25) is 0 Å². The Hall–Kier alpha value is -2.80. The van der Waals surface area contributed by atoms with Crippen LogP contribution in [0.25, 0.3) is 16.3 Å². The molecule has 114 valence electrons. The van der Waals surface area contributed by atoms with Gasteiger partial charge in [-0.15, -0.1) is 16.4 Å². The van der Waals surface area contributed by atoms with Gasteiger partial charge < -0.3 is 5.73 Å². The predicted octanol–water partition coefficient (Wildman–Crippen LogP) is 2.22. The van der Waals surface area contributed by atoms with Crippen LogP contribution in [0.5, 0.6) is 0 Å². The summed E-state index contributed by atoms with van der Waals surface area (Å²) in [6, 6.07) is 5.59. The maximum absolute atomic E-state index is 12.6. The fourth-order valence-corrected chi connectivity index (χ4v) is 3.22. The fraction of sp³-hybridized carbons (Fsp3) is 0.125. The maximum atomic E-state index is 12.6. The molecule has 0 radical (unpaired) electrons. The molecule has 6 nitrogen and oxygen atoms in total. The quantitative estimate of drug-likeness (QED) is 0.733. The van der Waals surface area contributed by atoms with E-state index in [-0.39, 0.29) is 11.9 Å². The highest BCUT2D eigenvalue weighted by molar-refractivity contribution is 7.13. The highest BCUT2D eigenvalue weighted by Gasteiger charge is 2.28. The van der Waals surface area contributed by atoms with Gasteiger partial charge in [0.1, 0.15) is 5.56 Å². The molecule has 4 heterocycles. The van der Waals surface area contributed by atoms with E-state index in [1.54, 1.807) is 38.9 Å². The van der Waals surface area contributed by atoms with E-state index in [0.717, 1.165) is 4.88 Å². The predicted molar refractivity (Wildman–Crippen MR) is 90.0 cm³/mol. The summed E-state index contributed by atoms with van der Waals surface area (Å²) in [5.74, 6) is 0.503. The number of rotatable bonds is 2. The van der Waals surface area contributed by atoms with Crippen molar-refractivity contribution in [1.29, 1.82) is 0 Å². The van der Waals surface area contributed by atoms with Gasteiger partial charge in [-0.3, -0.25) is 0 Å². The van der Waals surface area contributed by atoms with E-state index in [9.17, 15) is 4.79 Å². The van der Waals surface area contributed by atoms with Gasteiger partial charge in [0.05, 0.1) is 10.6 Å². The lowest BCUT2D eigenvalue weighted by atomic mass is 10.2. The van der Waals surface area contributed by atoms with Crippen LogP contribution in [0.4, 0.5) is 5.69 Å². The number of hydrogen-bond donors (Lipinski definition) is 1. The molecule has 2 N–H and O–H groups in total. The van der Waals surface area contributed by atoms with Crippen LogP contribution < -0.4 is 5.73 Å². The summed E-state index contributed by atoms with van der Waals surface area (Å²) in [4.78, 5) is 18.1. The van der Waals surface area contributed by atoms with Crippen molar-refractivity contribution >= 4 is 34.8 Å². The first-order chi connectivity index (χ1) is 11.1. The Morgan fingerprint density at radius 3 is 3.04 bits per heavy atom. The molecule has 1 atom stereocenters. The summed E-state index contributed by atoms with van der Waals surface area (Å²) in [7, 11) is 0. The SMILES string of the molecule is CC1C=CC=[N+]1C(=O)c1cc(N)c2nc(-c3cccs3)nn2c1. The number of pyridine rings is 1.